The fourth-order valence-corrected chi connectivity index (χ4v) is 1.82. The Kier molecular flexibility index (Phi) is 5.61. The van der Waals surface area contributed by atoms with Gasteiger partial charge in [0.1, 0.15) is 0 Å². The molecule has 0 unspecified atom stereocenters. The lowest BCUT2D eigenvalue weighted by atomic mass is 10.5. The summed E-state index contributed by atoms with van der Waals surface area (Å²) >= 11 is 0. The van der Waals surface area contributed by atoms with Gasteiger partial charge >= 0.3 is 6.09 Å². The van der Waals surface area contributed by atoms with Gasteiger partial charge in [0.25, 0.3) is 0 Å². The highest BCUT2D eigenvalue weighted by atomic mass is 32.2. The van der Waals surface area contributed by atoms with Gasteiger partial charge in [0.05, 0.1) is 5.75 Å². The van der Waals surface area contributed by atoms with Gasteiger partial charge in [0.2, 0.25) is 0 Å². The molecular formula is C8H14N2O4S. The van der Waals surface area contributed by atoms with Crippen LogP contribution in [-0.2, 0) is 14.7 Å². The molecule has 1 amide bonds. The molecule has 0 fully saturated rings. The number of carbonyl (C=O) groups excluding carboxylic acids is 1. The van der Waals surface area contributed by atoms with E-state index in [9.17, 15) is 13.2 Å². The number of sulfone groups is 1. The predicted molar refractivity (Wildman–Crippen MR) is 57.3 cm³/mol. The highest BCUT2D eigenvalue weighted by Gasteiger charge is 2.17. The Morgan fingerprint density at radius 2 is 2.20 bits per heavy atom. The van der Waals surface area contributed by atoms with E-state index in [1.165, 1.54) is 13.1 Å². The van der Waals surface area contributed by atoms with Gasteiger partial charge in [-0.25, -0.2) is 13.2 Å². The molecule has 0 saturated carbocycles. The molecule has 0 heterocycles. The summed E-state index contributed by atoms with van der Waals surface area (Å²) in [5.74, 6) is -0.225. The van der Waals surface area contributed by atoms with Crippen molar-refractivity contribution >= 4 is 21.0 Å². The van der Waals surface area contributed by atoms with Crippen molar-refractivity contribution in [2.45, 2.75) is 13.3 Å². The Bertz CT molecular complexity index is 359. The highest BCUT2D eigenvalue weighted by Crippen LogP contribution is 2.01. The summed E-state index contributed by atoms with van der Waals surface area (Å²) < 4.78 is 22.9. The van der Waals surface area contributed by atoms with Gasteiger partial charge in [0.15, 0.2) is 14.9 Å². The number of carbonyl (C=O) groups is 1. The molecule has 0 aromatic rings. The molecule has 0 atom stereocenters. The molecule has 0 aromatic carbocycles. The number of amides is 1. The first-order chi connectivity index (χ1) is 6.97. The van der Waals surface area contributed by atoms with E-state index < -0.39 is 15.9 Å². The fourth-order valence-electron chi connectivity index (χ4n) is 0.731. The van der Waals surface area contributed by atoms with Crippen LogP contribution in [0.1, 0.15) is 13.3 Å². The van der Waals surface area contributed by atoms with Gasteiger partial charge in [0, 0.05) is 13.5 Å². The minimum atomic E-state index is -3.50. The van der Waals surface area contributed by atoms with Crippen molar-refractivity contribution < 1.29 is 18.0 Å². The SMILES string of the molecule is C=CCS(=O)(=O)C(CC)=NOC(=O)NC. The summed E-state index contributed by atoms with van der Waals surface area (Å²) in [5, 5.41) is 5.24. The molecule has 0 spiro atoms. The van der Waals surface area contributed by atoms with Crippen molar-refractivity contribution in [3.8, 4) is 0 Å². The van der Waals surface area contributed by atoms with Crippen LogP contribution in [0.15, 0.2) is 17.8 Å². The Balaban J connectivity index is 4.75. The largest absolute Gasteiger partial charge is 0.433 e. The zero-order chi connectivity index (χ0) is 11.9. The molecule has 6 nitrogen and oxygen atoms in total. The molecule has 0 aromatic heterocycles. The first-order valence-corrected chi connectivity index (χ1v) is 5.92. The molecule has 15 heavy (non-hydrogen) atoms. The second kappa shape index (κ2) is 6.18. The van der Waals surface area contributed by atoms with Crippen molar-refractivity contribution in [1.82, 2.24) is 5.32 Å². The predicted octanol–water partition coefficient (Wildman–Crippen LogP) is 0.667. The first-order valence-electron chi connectivity index (χ1n) is 4.27. The molecule has 1 N–H and O–H groups in total. The molecular weight excluding hydrogens is 220 g/mol. The van der Waals surface area contributed by atoms with E-state index in [-0.39, 0.29) is 17.2 Å². The Hall–Kier alpha value is -1.37. The molecule has 0 saturated heterocycles. The quantitative estimate of drug-likeness (QED) is 0.255. The maximum absolute atomic E-state index is 11.4. The van der Waals surface area contributed by atoms with Crippen molar-refractivity contribution in [3.63, 3.8) is 0 Å². The third-order valence-electron chi connectivity index (χ3n) is 1.43. The van der Waals surface area contributed by atoms with E-state index >= 15 is 0 Å². The molecule has 7 heteroatoms. The van der Waals surface area contributed by atoms with Gasteiger partial charge in [-0.05, 0) is 0 Å². The van der Waals surface area contributed by atoms with Crippen LogP contribution in [0.5, 0.6) is 0 Å². The number of rotatable bonds is 4. The number of nitrogens with zero attached hydrogens (tertiary/aromatic N) is 1. The van der Waals surface area contributed by atoms with E-state index in [0.29, 0.717) is 0 Å². The van der Waals surface area contributed by atoms with Crippen LogP contribution in [0.4, 0.5) is 4.79 Å². The summed E-state index contributed by atoms with van der Waals surface area (Å²) in [7, 11) is -2.15. The summed E-state index contributed by atoms with van der Waals surface area (Å²) in [6.45, 7) is 4.92. The van der Waals surface area contributed by atoms with Gasteiger partial charge in [-0.15, -0.1) is 6.58 Å². The first kappa shape index (κ1) is 13.6. The van der Waals surface area contributed by atoms with Crippen molar-refractivity contribution in [3.05, 3.63) is 12.7 Å². The Morgan fingerprint density at radius 3 is 2.60 bits per heavy atom. The van der Waals surface area contributed by atoms with Gasteiger partial charge in [-0.3, -0.25) is 4.84 Å². The standard InChI is InChI=1S/C8H14N2O4S/c1-4-6-15(12,13)7(5-2)10-14-8(11)9-3/h4H,1,5-6H2,2-3H3,(H,9,11). The van der Waals surface area contributed by atoms with E-state index in [1.807, 2.05) is 0 Å². The van der Waals surface area contributed by atoms with Crippen LogP contribution >= 0.6 is 0 Å². The van der Waals surface area contributed by atoms with Crippen LogP contribution in [0.3, 0.4) is 0 Å². The number of nitrogens with one attached hydrogen (secondary N) is 1. The highest BCUT2D eigenvalue weighted by molar-refractivity contribution is 8.06. The monoisotopic (exact) mass is 234 g/mol. The van der Waals surface area contributed by atoms with Crippen LogP contribution in [0, 0.1) is 0 Å². The molecule has 0 rings (SSSR count). The molecule has 0 radical (unpaired) electrons. The van der Waals surface area contributed by atoms with Gasteiger partial charge in [-0.1, -0.05) is 18.2 Å². The maximum Gasteiger partial charge on any atom is 0.433 e. The summed E-state index contributed by atoms with van der Waals surface area (Å²) in [4.78, 5) is 15.0. The minimum Gasteiger partial charge on any atom is -0.323 e. The third-order valence-corrected chi connectivity index (χ3v) is 3.19. The second-order valence-corrected chi connectivity index (χ2v) is 4.57. The van der Waals surface area contributed by atoms with Crippen molar-refractivity contribution in [1.29, 1.82) is 0 Å². The van der Waals surface area contributed by atoms with Gasteiger partial charge < -0.3 is 5.32 Å². The fraction of sp³-hybridized carbons (Fsp3) is 0.500. The van der Waals surface area contributed by atoms with Crippen molar-refractivity contribution in [2.75, 3.05) is 12.8 Å². The third kappa shape index (κ3) is 4.59. The van der Waals surface area contributed by atoms with E-state index in [4.69, 9.17) is 0 Å². The Labute approximate surface area is 88.9 Å². The van der Waals surface area contributed by atoms with Gasteiger partial charge in [-0.2, -0.15) is 0 Å². The normalized spacial score (nSPS) is 12.0. The lowest BCUT2D eigenvalue weighted by Gasteiger charge is -2.02. The van der Waals surface area contributed by atoms with Crippen LogP contribution in [0.2, 0.25) is 0 Å². The molecule has 86 valence electrons. The van der Waals surface area contributed by atoms with Crippen molar-refractivity contribution in [2.24, 2.45) is 5.16 Å². The minimum absolute atomic E-state index is 0.160. The lowest BCUT2D eigenvalue weighted by Crippen LogP contribution is -2.21. The number of hydrogen-bond donors (Lipinski definition) is 1. The van der Waals surface area contributed by atoms with E-state index in [0.717, 1.165) is 0 Å². The lowest BCUT2D eigenvalue weighted by molar-refractivity contribution is 0.153. The second-order valence-electron chi connectivity index (χ2n) is 2.54. The number of oxime groups is 1. The van der Waals surface area contributed by atoms with E-state index in [2.05, 4.69) is 21.9 Å². The number of hydrogen-bond acceptors (Lipinski definition) is 5. The molecule has 0 bridgehead atoms. The zero-order valence-corrected chi connectivity index (χ0v) is 9.50. The van der Waals surface area contributed by atoms with Crippen LogP contribution in [0.25, 0.3) is 0 Å². The maximum atomic E-state index is 11.4. The zero-order valence-electron chi connectivity index (χ0n) is 8.69. The summed E-state index contributed by atoms with van der Waals surface area (Å²) in [6, 6.07) is 0. The summed E-state index contributed by atoms with van der Waals surface area (Å²) in [6.07, 6.45) is 0.600. The molecule has 0 aliphatic carbocycles. The smallest absolute Gasteiger partial charge is 0.323 e. The molecule has 0 aliphatic heterocycles. The molecule has 0 aliphatic rings. The van der Waals surface area contributed by atoms with E-state index in [1.54, 1.807) is 6.92 Å². The Morgan fingerprint density at radius 1 is 1.60 bits per heavy atom. The summed E-state index contributed by atoms with van der Waals surface area (Å²) in [5.41, 5.74) is 0. The topological polar surface area (TPSA) is 84.8 Å². The average Bonchev–Trinajstić information content (AvgIpc) is 2.17. The van der Waals surface area contributed by atoms with Crippen LogP contribution in [-0.4, -0.2) is 32.4 Å². The average molecular weight is 234 g/mol. The van der Waals surface area contributed by atoms with Crippen LogP contribution < -0.4 is 5.32 Å².